The molecule has 0 spiro atoms. The van der Waals surface area contributed by atoms with E-state index in [-0.39, 0.29) is 5.76 Å². The van der Waals surface area contributed by atoms with Crippen molar-refractivity contribution in [2.75, 3.05) is 0 Å². The molecule has 0 N–H and O–H groups in total. The molecule has 0 saturated heterocycles. The van der Waals surface area contributed by atoms with Gasteiger partial charge in [-0.2, -0.15) is 0 Å². The summed E-state index contributed by atoms with van der Waals surface area (Å²) in [5.41, 5.74) is 0. The maximum atomic E-state index is 11.8. The lowest BCUT2D eigenvalue weighted by Gasteiger charge is -2.03. The van der Waals surface area contributed by atoms with Gasteiger partial charge < -0.3 is 4.74 Å². The standard InChI is InChI=1S/C6H9FO/c1-4-5(2)8-6(3)7/h4,6H,1-2H2,3H3. The van der Waals surface area contributed by atoms with E-state index >= 15 is 0 Å². The van der Waals surface area contributed by atoms with Crippen molar-refractivity contribution in [3.8, 4) is 0 Å². The Morgan fingerprint density at radius 1 is 1.88 bits per heavy atom. The van der Waals surface area contributed by atoms with Crippen LogP contribution >= 0.6 is 0 Å². The number of alkyl halides is 1. The molecule has 1 atom stereocenters. The average Bonchev–Trinajstić information content (AvgIpc) is 1.65. The molecule has 0 aliphatic carbocycles. The minimum absolute atomic E-state index is 0.264. The number of rotatable bonds is 3. The van der Waals surface area contributed by atoms with Crippen molar-refractivity contribution < 1.29 is 9.13 Å². The van der Waals surface area contributed by atoms with Crippen molar-refractivity contribution in [1.82, 2.24) is 0 Å². The highest BCUT2D eigenvalue weighted by Gasteiger charge is 1.94. The lowest BCUT2D eigenvalue weighted by molar-refractivity contribution is 0.0292. The van der Waals surface area contributed by atoms with Gasteiger partial charge in [0, 0.05) is 6.92 Å². The summed E-state index contributed by atoms with van der Waals surface area (Å²) < 4.78 is 16.2. The van der Waals surface area contributed by atoms with Gasteiger partial charge in [0.25, 0.3) is 0 Å². The monoisotopic (exact) mass is 116 g/mol. The number of hydrogen-bond acceptors (Lipinski definition) is 1. The van der Waals surface area contributed by atoms with Crippen LogP contribution in [0.25, 0.3) is 0 Å². The van der Waals surface area contributed by atoms with Gasteiger partial charge in [-0.15, -0.1) is 0 Å². The fourth-order valence-corrected chi connectivity index (χ4v) is 0.257. The molecule has 0 heterocycles. The third kappa shape index (κ3) is 3.40. The molecule has 0 aromatic heterocycles. The first kappa shape index (κ1) is 7.21. The fraction of sp³-hybridized carbons (Fsp3) is 0.333. The second kappa shape index (κ2) is 3.24. The molecule has 0 bridgehead atoms. The normalized spacial score (nSPS) is 12.2. The van der Waals surface area contributed by atoms with E-state index in [9.17, 15) is 4.39 Å². The third-order valence-corrected chi connectivity index (χ3v) is 0.541. The number of halogens is 1. The first-order chi connectivity index (χ1) is 3.66. The predicted octanol–water partition coefficient (Wildman–Crippen LogP) is 2.02. The molecule has 1 nitrogen and oxygen atoms in total. The molecule has 46 valence electrons. The van der Waals surface area contributed by atoms with E-state index in [2.05, 4.69) is 17.9 Å². The summed E-state index contributed by atoms with van der Waals surface area (Å²) in [6.45, 7) is 7.94. The first-order valence-corrected chi connectivity index (χ1v) is 2.29. The van der Waals surface area contributed by atoms with Crippen LogP contribution in [-0.2, 0) is 4.74 Å². The molecule has 0 radical (unpaired) electrons. The van der Waals surface area contributed by atoms with Crippen LogP contribution in [0.2, 0.25) is 0 Å². The van der Waals surface area contributed by atoms with E-state index in [4.69, 9.17) is 0 Å². The Labute approximate surface area is 48.5 Å². The molecule has 0 aromatic rings. The van der Waals surface area contributed by atoms with Crippen LogP contribution in [0.3, 0.4) is 0 Å². The van der Waals surface area contributed by atoms with E-state index < -0.39 is 6.36 Å². The van der Waals surface area contributed by atoms with Gasteiger partial charge in [-0.05, 0) is 6.08 Å². The Hall–Kier alpha value is -0.790. The van der Waals surface area contributed by atoms with Crippen molar-refractivity contribution in [3.05, 3.63) is 25.0 Å². The van der Waals surface area contributed by atoms with E-state index in [0.717, 1.165) is 0 Å². The summed E-state index contributed by atoms with van der Waals surface area (Å²) in [5, 5.41) is 0. The zero-order valence-electron chi connectivity index (χ0n) is 4.86. The van der Waals surface area contributed by atoms with E-state index in [1.165, 1.54) is 13.0 Å². The molecule has 0 rings (SSSR count). The van der Waals surface area contributed by atoms with Crippen molar-refractivity contribution in [2.24, 2.45) is 0 Å². The zero-order valence-corrected chi connectivity index (χ0v) is 4.86. The van der Waals surface area contributed by atoms with E-state index in [1.54, 1.807) is 0 Å². The summed E-state index contributed by atoms with van der Waals surface area (Å²) in [4.78, 5) is 0. The highest BCUT2D eigenvalue weighted by molar-refractivity contribution is 5.01. The van der Waals surface area contributed by atoms with Gasteiger partial charge in [-0.1, -0.05) is 13.2 Å². The summed E-state index contributed by atoms with van der Waals surface area (Å²) in [6, 6.07) is 0. The number of allylic oxidation sites excluding steroid dienone is 1. The lowest BCUT2D eigenvalue weighted by atomic mass is 10.5. The van der Waals surface area contributed by atoms with Crippen LogP contribution in [0, 0.1) is 0 Å². The summed E-state index contributed by atoms with van der Waals surface area (Å²) in [6.07, 6.45) is 0.0660. The molecule has 1 unspecified atom stereocenters. The molecular weight excluding hydrogens is 107 g/mol. The Kier molecular flexibility index (Phi) is 2.92. The second-order valence-electron chi connectivity index (χ2n) is 1.33. The second-order valence-corrected chi connectivity index (χ2v) is 1.33. The summed E-state index contributed by atoms with van der Waals surface area (Å²) in [5.74, 6) is 0.264. The quantitative estimate of drug-likeness (QED) is 0.405. The maximum Gasteiger partial charge on any atom is 0.235 e. The highest BCUT2D eigenvalue weighted by Crippen LogP contribution is 2.00. The number of hydrogen-bond donors (Lipinski definition) is 0. The van der Waals surface area contributed by atoms with Crippen LogP contribution in [0.4, 0.5) is 4.39 Å². The van der Waals surface area contributed by atoms with Crippen molar-refractivity contribution in [1.29, 1.82) is 0 Å². The summed E-state index contributed by atoms with van der Waals surface area (Å²) in [7, 11) is 0. The molecule has 0 saturated carbocycles. The van der Waals surface area contributed by atoms with Crippen LogP contribution in [0.15, 0.2) is 25.0 Å². The molecule has 0 aliphatic heterocycles. The molecule has 0 amide bonds. The van der Waals surface area contributed by atoms with E-state index in [0.29, 0.717) is 0 Å². The van der Waals surface area contributed by atoms with Gasteiger partial charge in [0.15, 0.2) is 0 Å². The Bertz CT molecular complexity index is 96.7. The van der Waals surface area contributed by atoms with Gasteiger partial charge in [0.1, 0.15) is 5.76 Å². The summed E-state index contributed by atoms with van der Waals surface area (Å²) >= 11 is 0. The molecule has 0 fully saturated rings. The minimum atomic E-state index is -1.29. The van der Waals surface area contributed by atoms with Gasteiger partial charge in [-0.3, -0.25) is 0 Å². The van der Waals surface area contributed by atoms with Gasteiger partial charge in [-0.25, -0.2) is 4.39 Å². The Morgan fingerprint density at radius 2 is 2.38 bits per heavy atom. The predicted molar refractivity (Wildman–Crippen MR) is 31.0 cm³/mol. The van der Waals surface area contributed by atoms with Crippen molar-refractivity contribution in [2.45, 2.75) is 13.3 Å². The molecule has 0 aromatic carbocycles. The van der Waals surface area contributed by atoms with Crippen molar-refractivity contribution >= 4 is 0 Å². The topological polar surface area (TPSA) is 9.23 Å². The zero-order chi connectivity index (χ0) is 6.57. The Balaban J connectivity index is 3.39. The Morgan fingerprint density at radius 3 is 2.50 bits per heavy atom. The van der Waals surface area contributed by atoms with Gasteiger partial charge in [0.2, 0.25) is 6.36 Å². The third-order valence-electron chi connectivity index (χ3n) is 0.541. The van der Waals surface area contributed by atoms with Crippen molar-refractivity contribution in [3.63, 3.8) is 0 Å². The molecule has 2 heteroatoms. The van der Waals surface area contributed by atoms with Crippen LogP contribution in [0.5, 0.6) is 0 Å². The van der Waals surface area contributed by atoms with Crippen LogP contribution in [0.1, 0.15) is 6.92 Å². The smallest absolute Gasteiger partial charge is 0.235 e. The lowest BCUT2D eigenvalue weighted by Crippen LogP contribution is -1.96. The first-order valence-electron chi connectivity index (χ1n) is 2.29. The average molecular weight is 116 g/mol. The van der Waals surface area contributed by atoms with E-state index in [1.807, 2.05) is 0 Å². The fourth-order valence-electron chi connectivity index (χ4n) is 0.257. The largest absolute Gasteiger partial charge is 0.461 e. The van der Waals surface area contributed by atoms with Crippen LogP contribution < -0.4 is 0 Å². The SMILES string of the molecule is C=CC(=C)OC(C)F. The molecule has 0 aliphatic rings. The highest BCUT2D eigenvalue weighted by atomic mass is 19.1. The van der Waals surface area contributed by atoms with Gasteiger partial charge in [0.05, 0.1) is 0 Å². The molecular formula is C6H9FO. The van der Waals surface area contributed by atoms with Crippen LogP contribution in [-0.4, -0.2) is 6.36 Å². The number of ether oxygens (including phenoxy) is 1. The molecule has 8 heavy (non-hydrogen) atoms. The van der Waals surface area contributed by atoms with Gasteiger partial charge >= 0.3 is 0 Å². The maximum absolute atomic E-state index is 11.8. The minimum Gasteiger partial charge on any atom is -0.461 e.